The second-order valence-corrected chi connectivity index (χ2v) is 6.90. The van der Waals surface area contributed by atoms with Crippen LogP contribution in [0.1, 0.15) is 28.5 Å². The molecule has 0 aliphatic carbocycles. The van der Waals surface area contributed by atoms with Crippen LogP contribution in [0.2, 0.25) is 10.0 Å². The van der Waals surface area contributed by atoms with Gasteiger partial charge in [0.2, 0.25) is 0 Å². The molecule has 27 heavy (non-hydrogen) atoms. The van der Waals surface area contributed by atoms with Gasteiger partial charge < -0.3 is 0 Å². The predicted octanol–water partition coefficient (Wildman–Crippen LogP) is 5.14. The Morgan fingerprint density at radius 1 is 1.07 bits per heavy atom. The molecule has 0 bridgehead atoms. The van der Waals surface area contributed by atoms with E-state index in [4.69, 9.17) is 28.0 Å². The Labute approximate surface area is 167 Å². The van der Waals surface area contributed by atoms with Crippen LogP contribution in [0.25, 0.3) is 16.9 Å². The highest BCUT2D eigenvalue weighted by atomic mass is 35.5. The average Bonchev–Trinajstić information content (AvgIpc) is 3.09. The fourth-order valence-corrected chi connectivity index (χ4v) is 2.88. The number of rotatable bonds is 5. The predicted molar refractivity (Wildman–Crippen MR) is 108 cm³/mol. The van der Waals surface area contributed by atoms with Gasteiger partial charge in [-0.3, -0.25) is 9.63 Å². The standard InChI is InChI=1S/C20H19Cl2N3O2/c1-4-27-24-20(26)19-11-18(14-6-5-12(2)13(3)9-14)23-25(19)15-7-8-16(21)17(22)10-15/h5-11H,4H2,1-3H3,(H,24,26). The maximum absolute atomic E-state index is 12.6. The van der Waals surface area contributed by atoms with Crippen molar-refractivity contribution in [2.24, 2.45) is 0 Å². The van der Waals surface area contributed by atoms with E-state index < -0.39 is 5.91 Å². The topological polar surface area (TPSA) is 56.1 Å². The summed E-state index contributed by atoms with van der Waals surface area (Å²) in [4.78, 5) is 17.6. The first-order chi connectivity index (χ1) is 12.9. The van der Waals surface area contributed by atoms with E-state index in [1.807, 2.05) is 32.0 Å². The highest BCUT2D eigenvalue weighted by molar-refractivity contribution is 6.42. The molecule has 1 aromatic heterocycles. The highest BCUT2D eigenvalue weighted by Crippen LogP contribution is 2.27. The van der Waals surface area contributed by atoms with Crippen LogP contribution < -0.4 is 5.48 Å². The number of hydrogen-bond acceptors (Lipinski definition) is 3. The zero-order valence-electron chi connectivity index (χ0n) is 15.2. The number of carbonyl (C=O) groups excluding carboxylic acids is 1. The Morgan fingerprint density at radius 3 is 2.52 bits per heavy atom. The molecule has 0 aliphatic rings. The first kappa shape index (κ1) is 19.4. The third kappa shape index (κ3) is 4.16. The summed E-state index contributed by atoms with van der Waals surface area (Å²) in [6.07, 6.45) is 0. The van der Waals surface area contributed by atoms with E-state index in [2.05, 4.69) is 10.6 Å². The molecule has 0 radical (unpaired) electrons. The fraction of sp³-hybridized carbons (Fsp3) is 0.200. The SMILES string of the molecule is CCONC(=O)c1cc(-c2ccc(C)c(C)c2)nn1-c1ccc(Cl)c(Cl)c1. The van der Waals surface area contributed by atoms with E-state index in [0.717, 1.165) is 11.1 Å². The quantitative estimate of drug-likeness (QED) is 0.599. The third-order valence-electron chi connectivity index (χ3n) is 4.20. The van der Waals surface area contributed by atoms with Crippen molar-refractivity contribution in [3.05, 3.63) is 69.3 Å². The molecule has 3 rings (SSSR count). The minimum Gasteiger partial charge on any atom is -0.274 e. The van der Waals surface area contributed by atoms with Gasteiger partial charge in [0.1, 0.15) is 5.69 Å². The first-order valence-electron chi connectivity index (χ1n) is 8.46. The van der Waals surface area contributed by atoms with Crippen LogP contribution in [0.3, 0.4) is 0 Å². The van der Waals surface area contributed by atoms with Crippen molar-refractivity contribution >= 4 is 29.1 Å². The van der Waals surface area contributed by atoms with Crippen LogP contribution in [-0.2, 0) is 4.84 Å². The van der Waals surface area contributed by atoms with Crippen molar-refractivity contribution in [2.45, 2.75) is 20.8 Å². The average molecular weight is 404 g/mol. The molecule has 3 aromatic rings. The van der Waals surface area contributed by atoms with E-state index in [1.165, 1.54) is 10.2 Å². The maximum Gasteiger partial charge on any atom is 0.293 e. The van der Waals surface area contributed by atoms with E-state index >= 15 is 0 Å². The first-order valence-corrected chi connectivity index (χ1v) is 9.21. The lowest BCUT2D eigenvalue weighted by Gasteiger charge is -2.08. The minimum absolute atomic E-state index is 0.329. The van der Waals surface area contributed by atoms with Gasteiger partial charge in [-0.1, -0.05) is 35.3 Å². The summed E-state index contributed by atoms with van der Waals surface area (Å²) in [6, 6.07) is 12.9. The van der Waals surface area contributed by atoms with Crippen LogP contribution >= 0.6 is 23.2 Å². The number of benzene rings is 2. The van der Waals surface area contributed by atoms with Gasteiger partial charge in [-0.25, -0.2) is 10.2 Å². The molecule has 0 unspecified atom stereocenters. The van der Waals surface area contributed by atoms with Gasteiger partial charge in [0.25, 0.3) is 5.91 Å². The highest BCUT2D eigenvalue weighted by Gasteiger charge is 2.18. The monoisotopic (exact) mass is 403 g/mol. The number of hydroxylamine groups is 1. The van der Waals surface area contributed by atoms with Crippen molar-refractivity contribution in [3.8, 4) is 16.9 Å². The zero-order valence-corrected chi connectivity index (χ0v) is 16.7. The van der Waals surface area contributed by atoms with Gasteiger partial charge in [-0.2, -0.15) is 5.10 Å². The van der Waals surface area contributed by atoms with Crippen LogP contribution in [0.5, 0.6) is 0 Å². The Balaban J connectivity index is 2.11. The van der Waals surface area contributed by atoms with Gasteiger partial charge in [-0.05, 0) is 62.2 Å². The Bertz CT molecular complexity index is 999. The number of aromatic nitrogens is 2. The second kappa shape index (κ2) is 8.13. The van der Waals surface area contributed by atoms with Gasteiger partial charge in [-0.15, -0.1) is 0 Å². The molecule has 0 spiro atoms. The van der Waals surface area contributed by atoms with Gasteiger partial charge in [0.05, 0.1) is 28.0 Å². The molecule has 0 saturated carbocycles. The number of nitrogens with one attached hydrogen (secondary N) is 1. The normalized spacial score (nSPS) is 10.9. The molecule has 1 N–H and O–H groups in total. The largest absolute Gasteiger partial charge is 0.293 e. The Kier molecular flexibility index (Phi) is 5.85. The molecule has 0 aliphatic heterocycles. The molecule has 0 atom stereocenters. The van der Waals surface area contributed by atoms with Crippen molar-refractivity contribution in [2.75, 3.05) is 6.61 Å². The van der Waals surface area contributed by atoms with Gasteiger partial charge >= 0.3 is 0 Å². The number of aryl methyl sites for hydroxylation is 2. The number of hydrogen-bond donors (Lipinski definition) is 1. The lowest BCUT2D eigenvalue weighted by Crippen LogP contribution is -2.26. The number of carbonyl (C=O) groups is 1. The lowest BCUT2D eigenvalue weighted by atomic mass is 10.0. The van der Waals surface area contributed by atoms with Crippen LogP contribution in [-0.4, -0.2) is 22.3 Å². The van der Waals surface area contributed by atoms with Crippen LogP contribution in [0.4, 0.5) is 0 Å². The number of amides is 1. The Morgan fingerprint density at radius 2 is 1.85 bits per heavy atom. The van der Waals surface area contributed by atoms with Gasteiger partial charge in [0.15, 0.2) is 0 Å². The van der Waals surface area contributed by atoms with E-state index in [9.17, 15) is 4.79 Å². The zero-order chi connectivity index (χ0) is 19.6. The van der Waals surface area contributed by atoms with E-state index in [1.54, 1.807) is 31.2 Å². The van der Waals surface area contributed by atoms with E-state index in [0.29, 0.717) is 33.7 Å². The van der Waals surface area contributed by atoms with Gasteiger partial charge in [0, 0.05) is 5.56 Å². The van der Waals surface area contributed by atoms with Crippen molar-refractivity contribution in [1.29, 1.82) is 0 Å². The summed E-state index contributed by atoms with van der Waals surface area (Å²) in [7, 11) is 0. The summed E-state index contributed by atoms with van der Waals surface area (Å²) in [5, 5.41) is 5.44. The second-order valence-electron chi connectivity index (χ2n) is 6.09. The van der Waals surface area contributed by atoms with Crippen molar-refractivity contribution in [1.82, 2.24) is 15.3 Å². The molecule has 0 fully saturated rings. The molecular formula is C20H19Cl2N3O2. The lowest BCUT2D eigenvalue weighted by molar-refractivity contribution is 0.0357. The molecule has 2 aromatic carbocycles. The number of nitrogens with zero attached hydrogens (tertiary/aromatic N) is 2. The fourth-order valence-electron chi connectivity index (χ4n) is 2.59. The minimum atomic E-state index is -0.398. The molecular weight excluding hydrogens is 385 g/mol. The molecule has 5 nitrogen and oxygen atoms in total. The molecule has 1 amide bonds. The number of halogens is 2. The summed E-state index contributed by atoms with van der Waals surface area (Å²) in [6.45, 7) is 6.24. The van der Waals surface area contributed by atoms with Crippen LogP contribution in [0.15, 0.2) is 42.5 Å². The molecule has 1 heterocycles. The Hall–Kier alpha value is -2.34. The van der Waals surface area contributed by atoms with Crippen molar-refractivity contribution in [3.63, 3.8) is 0 Å². The van der Waals surface area contributed by atoms with E-state index in [-0.39, 0.29) is 0 Å². The molecule has 0 saturated heterocycles. The van der Waals surface area contributed by atoms with Crippen LogP contribution in [0, 0.1) is 13.8 Å². The summed E-state index contributed by atoms with van der Waals surface area (Å²) in [5.41, 5.74) is 7.30. The summed E-state index contributed by atoms with van der Waals surface area (Å²) >= 11 is 12.2. The summed E-state index contributed by atoms with van der Waals surface area (Å²) in [5.74, 6) is -0.398. The smallest absolute Gasteiger partial charge is 0.274 e. The molecule has 140 valence electrons. The van der Waals surface area contributed by atoms with Crippen molar-refractivity contribution < 1.29 is 9.63 Å². The third-order valence-corrected chi connectivity index (χ3v) is 4.94. The summed E-state index contributed by atoms with van der Waals surface area (Å²) < 4.78 is 1.53. The maximum atomic E-state index is 12.6. The molecule has 7 heteroatoms.